The van der Waals surface area contributed by atoms with E-state index in [0.717, 1.165) is 31.0 Å². The predicted molar refractivity (Wildman–Crippen MR) is 77.6 cm³/mol. The van der Waals surface area contributed by atoms with Crippen molar-refractivity contribution in [1.82, 2.24) is 10.3 Å². The van der Waals surface area contributed by atoms with E-state index >= 15 is 0 Å². The molecule has 1 atom stereocenters. The van der Waals surface area contributed by atoms with Crippen LogP contribution in [0.3, 0.4) is 0 Å². The molecule has 0 spiro atoms. The molecular weight excluding hydrogens is 272 g/mol. The van der Waals surface area contributed by atoms with Crippen LogP contribution in [-0.2, 0) is 9.53 Å². The summed E-state index contributed by atoms with van der Waals surface area (Å²) in [6, 6.07) is 4.07. The first-order valence-corrected chi connectivity index (χ1v) is 6.94. The van der Waals surface area contributed by atoms with Crippen molar-refractivity contribution in [3.05, 3.63) is 17.8 Å². The van der Waals surface area contributed by atoms with E-state index in [9.17, 15) is 9.59 Å². The van der Waals surface area contributed by atoms with E-state index in [4.69, 9.17) is 0 Å². The van der Waals surface area contributed by atoms with Crippen LogP contribution in [0.25, 0.3) is 0 Å². The molecule has 0 radical (unpaired) electrons. The van der Waals surface area contributed by atoms with Gasteiger partial charge in [-0.2, -0.15) is 0 Å². The first-order chi connectivity index (χ1) is 10.1. The number of methoxy groups -OCH3 is 1. The normalized spacial score (nSPS) is 19.2. The molecule has 3 heterocycles. The Morgan fingerprint density at radius 3 is 3.05 bits per heavy atom. The first-order valence-electron chi connectivity index (χ1n) is 6.94. The van der Waals surface area contributed by atoms with E-state index < -0.39 is 5.97 Å². The second kappa shape index (κ2) is 5.23. The molecule has 21 heavy (non-hydrogen) atoms. The zero-order chi connectivity index (χ0) is 15.0. The molecule has 3 rings (SSSR count). The van der Waals surface area contributed by atoms with Crippen molar-refractivity contribution in [2.24, 2.45) is 0 Å². The molecule has 7 nitrogen and oxygen atoms in total. The lowest BCUT2D eigenvalue weighted by atomic mass is 10.2. The van der Waals surface area contributed by atoms with Crippen LogP contribution < -0.4 is 15.1 Å². The molecule has 2 aliphatic rings. The van der Waals surface area contributed by atoms with Crippen LogP contribution in [0.2, 0.25) is 0 Å². The van der Waals surface area contributed by atoms with Gasteiger partial charge in [-0.25, -0.2) is 4.98 Å². The van der Waals surface area contributed by atoms with Gasteiger partial charge in [-0.1, -0.05) is 0 Å². The van der Waals surface area contributed by atoms with Crippen molar-refractivity contribution in [3.63, 3.8) is 0 Å². The summed E-state index contributed by atoms with van der Waals surface area (Å²) in [6.45, 7) is 1.88. The van der Waals surface area contributed by atoms with Gasteiger partial charge in [-0.3, -0.25) is 9.59 Å². The van der Waals surface area contributed by atoms with Crippen molar-refractivity contribution < 1.29 is 14.3 Å². The second-order valence-electron chi connectivity index (χ2n) is 5.30. The number of fused-ring (bicyclic) bond motifs is 4. The van der Waals surface area contributed by atoms with Crippen molar-refractivity contribution in [3.8, 4) is 0 Å². The van der Waals surface area contributed by atoms with Gasteiger partial charge in [-0.15, -0.1) is 0 Å². The molecule has 2 aliphatic heterocycles. The van der Waals surface area contributed by atoms with Crippen LogP contribution in [0, 0.1) is 0 Å². The van der Waals surface area contributed by atoms with Gasteiger partial charge in [0.25, 0.3) is 5.91 Å². The third kappa shape index (κ3) is 2.39. The lowest BCUT2D eigenvalue weighted by Crippen LogP contribution is -2.40. The number of amides is 1. The van der Waals surface area contributed by atoms with Crippen LogP contribution in [0.15, 0.2) is 12.1 Å². The molecule has 1 unspecified atom stereocenters. The monoisotopic (exact) mass is 290 g/mol. The third-order valence-corrected chi connectivity index (χ3v) is 4.09. The average Bonchev–Trinajstić information content (AvgIpc) is 2.95. The average molecular weight is 290 g/mol. The fourth-order valence-electron chi connectivity index (χ4n) is 2.84. The highest BCUT2D eigenvalue weighted by Gasteiger charge is 2.35. The number of rotatable bonds is 3. The van der Waals surface area contributed by atoms with Gasteiger partial charge < -0.3 is 19.9 Å². The number of ether oxygens (including phenoxy) is 1. The summed E-state index contributed by atoms with van der Waals surface area (Å²) in [5, 5.41) is 2.50. The standard InChI is InChI=1S/C14H18N4O3/c1-17-9-5-6-18(8-9)11-4-3-10(16-13(11)17)14(20)15-7-12(19)21-2/h3-4,9H,5-8H2,1-2H3,(H,15,20). The van der Waals surface area contributed by atoms with Crippen molar-refractivity contribution in [2.75, 3.05) is 43.6 Å². The van der Waals surface area contributed by atoms with Gasteiger partial charge in [0.05, 0.1) is 12.8 Å². The Morgan fingerprint density at radius 2 is 2.29 bits per heavy atom. The number of nitrogens with zero attached hydrogens (tertiary/aromatic N) is 3. The summed E-state index contributed by atoms with van der Waals surface area (Å²) < 4.78 is 4.49. The van der Waals surface area contributed by atoms with E-state index in [1.165, 1.54) is 7.11 Å². The van der Waals surface area contributed by atoms with Gasteiger partial charge in [0.15, 0.2) is 5.82 Å². The third-order valence-electron chi connectivity index (χ3n) is 4.09. The minimum absolute atomic E-state index is 0.154. The van der Waals surface area contributed by atoms with Crippen molar-refractivity contribution in [1.29, 1.82) is 0 Å². The maximum Gasteiger partial charge on any atom is 0.325 e. The van der Waals surface area contributed by atoms with Gasteiger partial charge in [0, 0.05) is 26.2 Å². The molecular formula is C14H18N4O3. The van der Waals surface area contributed by atoms with E-state index in [-0.39, 0.29) is 12.5 Å². The number of likely N-dealkylation sites (N-methyl/N-ethyl adjacent to an activating group) is 1. The van der Waals surface area contributed by atoms with E-state index in [2.05, 4.69) is 24.8 Å². The van der Waals surface area contributed by atoms with E-state index in [1.54, 1.807) is 6.07 Å². The maximum absolute atomic E-state index is 12.0. The summed E-state index contributed by atoms with van der Waals surface area (Å²) in [7, 11) is 3.29. The summed E-state index contributed by atoms with van der Waals surface area (Å²) in [5.41, 5.74) is 1.38. The first kappa shape index (κ1) is 13.7. The highest BCUT2D eigenvalue weighted by molar-refractivity contribution is 5.95. The van der Waals surface area contributed by atoms with Gasteiger partial charge in [0.2, 0.25) is 0 Å². The van der Waals surface area contributed by atoms with Crippen LogP contribution in [-0.4, -0.2) is 56.7 Å². The van der Waals surface area contributed by atoms with E-state index in [0.29, 0.717) is 11.7 Å². The number of anilines is 2. The lowest BCUT2D eigenvalue weighted by molar-refractivity contribution is -0.139. The number of esters is 1. The smallest absolute Gasteiger partial charge is 0.325 e. The molecule has 1 fully saturated rings. The summed E-state index contributed by atoms with van der Waals surface area (Å²) in [5.74, 6) is -0.0263. The topological polar surface area (TPSA) is 74.8 Å². The molecule has 1 N–H and O–H groups in total. The molecule has 112 valence electrons. The molecule has 1 aromatic heterocycles. The Hall–Kier alpha value is -2.31. The van der Waals surface area contributed by atoms with Crippen LogP contribution in [0.1, 0.15) is 16.9 Å². The highest BCUT2D eigenvalue weighted by atomic mass is 16.5. The molecule has 1 aromatic rings. The highest BCUT2D eigenvalue weighted by Crippen LogP contribution is 2.37. The minimum atomic E-state index is -0.484. The molecule has 0 saturated carbocycles. The SMILES string of the molecule is COC(=O)CNC(=O)c1ccc2c(n1)N(C)C1CCN2C1. The summed E-state index contributed by atoms with van der Waals surface area (Å²) in [4.78, 5) is 32.0. The predicted octanol–water partition coefficient (Wildman–Crippen LogP) is 0.0129. The summed E-state index contributed by atoms with van der Waals surface area (Å²) >= 11 is 0. The summed E-state index contributed by atoms with van der Waals surface area (Å²) in [6.07, 6.45) is 1.11. The Bertz CT molecular complexity index is 590. The fourth-order valence-corrected chi connectivity index (χ4v) is 2.84. The minimum Gasteiger partial charge on any atom is -0.468 e. The van der Waals surface area contributed by atoms with Crippen LogP contribution in [0.5, 0.6) is 0 Å². The Kier molecular flexibility index (Phi) is 3.40. The molecule has 7 heteroatoms. The van der Waals surface area contributed by atoms with Gasteiger partial charge in [-0.05, 0) is 18.6 Å². The number of carbonyl (C=O) groups is 2. The van der Waals surface area contributed by atoms with Crippen LogP contribution >= 0.6 is 0 Å². The van der Waals surface area contributed by atoms with Crippen LogP contribution in [0.4, 0.5) is 11.5 Å². The number of aromatic nitrogens is 1. The maximum atomic E-state index is 12.0. The molecule has 0 aromatic carbocycles. The van der Waals surface area contributed by atoms with Gasteiger partial charge >= 0.3 is 5.97 Å². The largest absolute Gasteiger partial charge is 0.468 e. The zero-order valence-electron chi connectivity index (χ0n) is 12.1. The Labute approximate surface area is 122 Å². The molecule has 2 bridgehead atoms. The number of carbonyl (C=O) groups excluding carboxylic acids is 2. The van der Waals surface area contributed by atoms with Crippen molar-refractivity contribution in [2.45, 2.75) is 12.5 Å². The van der Waals surface area contributed by atoms with E-state index in [1.807, 2.05) is 13.1 Å². The second-order valence-corrected chi connectivity index (χ2v) is 5.30. The zero-order valence-corrected chi connectivity index (χ0v) is 12.1. The number of nitrogens with one attached hydrogen (secondary N) is 1. The van der Waals surface area contributed by atoms with Crippen molar-refractivity contribution >= 4 is 23.4 Å². The fraction of sp³-hybridized carbons (Fsp3) is 0.500. The lowest BCUT2D eigenvalue weighted by Gasteiger charge is -2.34. The molecule has 1 amide bonds. The Balaban J connectivity index is 1.80. The molecule has 0 aliphatic carbocycles. The quantitative estimate of drug-likeness (QED) is 0.791. The number of hydrogen-bond donors (Lipinski definition) is 1. The Morgan fingerprint density at radius 1 is 1.48 bits per heavy atom. The molecule has 1 saturated heterocycles. The number of hydrogen-bond acceptors (Lipinski definition) is 6. The van der Waals surface area contributed by atoms with Gasteiger partial charge in [0.1, 0.15) is 12.2 Å². The number of pyridine rings is 1.